The number of rotatable bonds is 6. The molecule has 0 spiro atoms. The molecule has 0 radical (unpaired) electrons. The zero-order valence-corrected chi connectivity index (χ0v) is 18.5. The van der Waals surface area contributed by atoms with Crippen LogP contribution in [-0.2, 0) is 11.2 Å². The van der Waals surface area contributed by atoms with Crippen LogP contribution in [0.1, 0.15) is 42.1 Å². The largest absolute Gasteiger partial charge is 0.460 e. The molecule has 0 saturated carbocycles. The normalized spacial score (nSPS) is 18.3. The van der Waals surface area contributed by atoms with Crippen LogP contribution in [0.4, 0.5) is 0 Å². The first kappa shape index (κ1) is 20.9. The molecule has 2 aliphatic rings. The van der Waals surface area contributed by atoms with Gasteiger partial charge in [0, 0.05) is 48.7 Å². The number of oxime groups is 1. The summed E-state index contributed by atoms with van der Waals surface area (Å²) in [6, 6.07) is 12.7. The minimum atomic E-state index is 0.422. The van der Waals surface area contributed by atoms with Gasteiger partial charge in [0.15, 0.2) is 0 Å². The summed E-state index contributed by atoms with van der Waals surface area (Å²) in [5.41, 5.74) is 6.34. The molecule has 0 bridgehead atoms. The molecule has 1 saturated heterocycles. The van der Waals surface area contributed by atoms with E-state index >= 15 is 0 Å². The van der Waals surface area contributed by atoms with Crippen LogP contribution in [0.5, 0.6) is 0 Å². The molecule has 1 aliphatic carbocycles. The monoisotopic (exact) mass is 431 g/mol. The van der Waals surface area contributed by atoms with Crippen molar-refractivity contribution < 1.29 is 14.4 Å². The van der Waals surface area contributed by atoms with Gasteiger partial charge in [-0.3, -0.25) is 4.98 Å². The number of methoxy groups -OCH3 is 1. The van der Waals surface area contributed by atoms with Gasteiger partial charge in [-0.2, -0.15) is 0 Å². The Balaban J connectivity index is 1.47. The lowest BCUT2D eigenvalue weighted by molar-refractivity contribution is 0.128. The third kappa shape index (κ3) is 4.08. The molecule has 1 fully saturated rings. The van der Waals surface area contributed by atoms with E-state index in [-0.39, 0.29) is 0 Å². The molecular weight excluding hydrogens is 402 g/mol. The molecule has 2 aromatic heterocycles. The summed E-state index contributed by atoms with van der Waals surface area (Å²) in [6.07, 6.45) is 7.48. The topological polar surface area (TPSA) is 71.1 Å². The first-order valence-electron chi connectivity index (χ1n) is 11.4. The molecule has 0 atom stereocenters. The molecule has 1 N–H and O–H groups in total. The SMILES string of the molecule is COCCN1CCC(c2cc(-c3ccc4c(c3)CC/C4=N/O)c(-c3ccncc3)o2)CC1. The maximum atomic E-state index is 9.26. The third-order valence-electron chi connectivity index (χ3n) is 6.77. The number of piperidine rings is 1. The van der Waals surface area contributed by atoms with Crippen LogP contribution in [0.2, 0.25) is 0 Å². The summed E-state index contributed by atoms with van der Waals surface area (Å²) in [5, 5.41) is 12.7. The van der Waals surface area contributed by atoms with Crippen molar-refractivity contribution in [3.05, 3.63) is 65.7 Å². The number of hydrogen-bond acceptors (Lipinski definition) is 6. The minimum absolute atomic E-state index is 0.422. The van der Waals surface area contributed by atoms with Gasteiger partial charge in [0.2, 0.25) is 0 Å². The number of nitrogens with zero attached hydrogens (tertiary/aromatic N) is 3. The summed E-state index contributed by atoms with van der Waals surface area (Å²) < 4.78 is 11.8. The summed E-state index contributed by atoms with van der Waals surface area (Å²) in [7, 11) is 1.76. The minimum Gasteiger partial charge on any atom is -0.460 e. The Bertz CT molecular complexity index is 1100. The Labute approximate surface area is 188 Å². The fraction of sp³-hybridized carbons (Fsp3) is 0.385. The molecule has 0 unspecified atom stereocenters. The molecule has 5 rings (SSSR count). The van der Waals surface area contributed by atoms with Crippen LogP contribution >= 0.6 is 0 Å². The van der Waals surface area contributed by atoms with Crippen LogP contribution < -0.4 is 0 Å². The van der Waals surface area contributed by atoms with Gasteiger partial charge in [0.1, 0.15) is 11.5 Å². The average molecular weight is 432 g/mol. The molecule has 1 aromatic carbocycles. The third-order valence-corrected chi connectivity index (χ3v) is 6.77. The fourth-order valence-electron chi connectivity index (χ4n) is 4.95. The number of ether oxygens (including phenoxy) is 1. The van der Waals surface area contributed by atoms with Crippen molar-refractivity contribution in [2.75, 3.05) is 33.4 Å². The van der Waals surface area contributed by atoms with Gasteiger partial charge in [-0.25, -0.2) is 0 Å². The standard InChI is InChI=1S/C26H29N3O3/c1-31-15-14-29-12-8-18(9-13-29)25-17-23(26(32-25)19-6-10-27-11-7-19)21-2-4-22-20(16-21)3-5-24(22)28-30/h2,4,6-7,10-11,16-18,30H,3,5,8-9,12-15H2,1H3/b28-24-. The van der Waals surface area contributed by atoms with Crippen LogP contribution in [0.3, 0.4) is 0 Å². The number of likely N-dealkylation sites (tertiary alicyclic amines) is 1. The van der Waals surface area contributed by atoms with Gasteiger partial charge in [0.05, 0.1) is 12.3 Å². The first-order valence-corrected chi connectivity index (χ1v) is 11.4. The molecule has 0 amide bonds. The number of furan rings is 1. The van der Waals surface area contributed by atoms with Crippen LogP contribution in [0.25, 0.3) is 22.5 Å². The van der Waals surface area contributed by atoms with Crippen LogP contribution in [0, 0.1) is 0 Å². The van der Waals surface area contributed by atoms with E-state index in [1.54, 1.807) is 7.11 Å². The molecule has 32 heavy (non-hydrogen) atoms. The molecule has 3 heterocycles. The molecule has 6 heteroatoms. The second-order valence-electron chi connectivity index (χ2n) is 8.65. The maximum absolute atomic E-state index is 9.26. The van der Waals surface area contributed by atoms with Gasteiger partial charge >= 0.3 is 0 Å². The maximum Gasteiger partial charge on any atom is 0.142 e. The highest BCUT2D eigenvalue weighted by atomic mass is 16.5. The van der Waals surface area contributed by atoms with Crippen molar-refractivity contribution in [3.63, 3.8) is 0 Å². The number of hydrogen-bond donors (Lipinski definition) is 1. The van der Waals surface area contributed by atoms with E-state index in [0.29, 0.717) is 5.92 Å². The second kappa shape index (κ2) is 9.27. The lowest BCUT2D eigenvalue weighted by Crippen LogP contribution is -2.35. The van der Waals surface area contributed by atoms with E-state index in [1.165, 1.54) is 5.56 Å². The molecule has 166 valence electrons. The summed E-state index contributed by atoms with van der Waals surface area (Å²) >= 11 is 0. The van der Waals surface area contributed by atoms with Crippen molar-refractivity contribution in [1.29, 1.82) is 0 Å². The van der Waals surface area contributed by atoms with E-state index in [2.05, 4.69) is 39.3 Å². The van der Waals surface area contributed by atoms with E-state index in [9.17, 15) is 5.21 Å². The van der Waals surface area contributed by atoms with Gasteiger partial charge in [-0.1, -0.05) is 23.4 Å². The van der Waals surface area contributed by atoms with Crippen LogP contribution in [0.15, 0.2) is 58.4 Å². The first-order chi connectivity index (χ1) is 15.8. The summed E-state index contributed by atoms with van der Waals surface area (Å²) in [5.74, 6) is 2.39. The zero-order chi connectivity index (χ0) is 21.9. The van der Waals surface area contributed by atoms with Gasteiger partial charge in [0.25, 0.3) is 0 Å². The highest BCUT2D eigenvalue weighted by Gasteiger charge is 2.26. The van der Waals surface area contributed by atoms with Crippen molar-refractivity contribution in [3.8, 4) is 22.5 Å². The molecular formula is C26H29N3O3. The average Bonchev–Trinajstić information content (AvgIpc) is 3.48. The van der Waals surface area contributed by atoms with Crippen molar-refractivity contribution >= 4 is 5.71 Å². The Morgan fingerprint density at radius 3 is 2.62 bits per heavy atom. The lowest BCUT2D eigenvalue weighted by atomic mass is 9.93. The van der Waals surface area contributed by atoms with Crippen molar-refractivity contribution in [2.45, 2.75) is 31.6 Å². The van der Waals surface area contributed by atoms with Gasteiger partial charge < -0.3 is 19.3 Å². The predicted molar refractivity (Wildman–Crippen MR) is 124 cm³/mol. The molecule has 1 aliphatic heterocycles. The number of aromatic nitrogens is 1. The Kier molecular flexibility index (Phi) is 6.06. The van der Waals surface area contributed by atoms with Crippen LogP contribution in [-0.4, -0.2) is 54.2 Å². The number of aryl methyl sites for hydroxylation is 1. The van der Waals surface area contributed by atoms with E-state index < -0.39 is 0 Å². The number of benzene rings is 1. The Morgan fingerprint density at radius 1 is 1.06 bits per heavy atom. The molecule has 3 aromatic rings. The second-order valence-corrected chi connectivity index (χ2v) is 8.65. The van der Waals surface area contributed by atoms with E-state index in [4.69, 9.17) is 9.15 Å². The highest BCUT2D eigenvalue weighted by molar-refractivity contribution is 6.04. The number of fused-ring (bicyclic) bond motifs is 1. The molecule has 6 nitrogen and oxygen atoms in total. The number of pyridine rings is 1. The summed E-state index contributed by atoms with van der Waals surface area (Å²) in [6.45, 7) is 3.90. The van der Waals surface area contributed by atoms with Crippen molar-refractivity contribution in [2.24, 2.45) is 5.16 Å². The lowest BCUT2D eigenvalue weighted by Gasteiger charge is -2.30. The van der Waals surface area contributed by atoms with E-state index in [0.717, 1.165) is 91.4 Å². The predicted octanol–water partition coefficient (Wildman–Crippen LogP) is 4.96. The van der Waals surface area contributed by atoms with Gasteiger partial charge in [-0.15, -0.1) is 0 Å². The summed E-state index contributed by atoms with van der Waals surface area (Å²) in [4.78, 5) is 6.64. The smallest absolute Gasteiger partial charge is 0.142 e. The van der Waals surface area contributed by atoms with E-state index in [1.807, 2.05) is 24.5 Å². The Hall–Kier alpha value is -2.96. The van der Waals surface area contributed by atoms with Crippen molar-refractivity contribution in [1.82, 2.24) is 9.88 Å². The highest BCUT2D eigenvalue weighted by Crippen LogP contribution is 2.41. The fourth-order valence-corrected chi connectivity index (χ4v) is 4.95. The van der Waals surface area contributed by atoms with Gasteiger partial charge in [-0.05, 0) is 68.1 Å². The Morgan fingerprint density at radius 2 is 1.88 bits per heavy atom. The quantitative estimate of drug-likeness (QED) is 0.441. The zero-order valence-electron chi connectivity index (χ0n) is 18.5.